The molecular formula is C29H32N2O4. The van der Waals surface area contributed by atoms with Crippen LogP contribution in [0.15, 0.2) is 78.9 Å². The highest BCUT2D eigenvalue weighted by Crippen LogP contribution is 2.29. The van der Waals surface area contributed by atoms with Crippen molar-refractivity contribution in [3.8, 4) is 11.5 Å². The van der Waals surface area contributed by atoms with Crippen molar-refractivity contribution in [2.24, 2.45) is 0 Å². The molecular weight excluding hydrogens is 440 g/mol. The molecule has 0 atom stereocenters. The second kappa shape index (κ2) is 12.1. The molecule has 1 heterocycles. The Balaban J connectivity index is 1.25. The minimum Gasteiger partial charge on any atom is -0.493 e. The van der Waals surface area contributed by atoms with E-state index in [1.165, 1.54) is 5.56 Å². The Bertz CT molecular complexity index is 1110. The van der Waals surface area contributed by atoms with Crippen molar-refractivity contribution in [1.82, 2.24) is 10.2 Å². The molecule has 4 rings (SSSR count). The van der Waals surface area contributed by atoms with E-state index in [9.17, 15) is 9.59 Å². The molecule has 182 valence electrons. The number of piperidine rings is 1. The summed E-state index contributed by atoms with van der Waals surface area (Å²) in [6.45, 7) is 1.74. The van der Waals surface area contributed by atoms with Crippen LogP contribution >= 0.6 is 0 Å². The predicted octanol–water partition coefficient (Wildman–Crippen LogP) is 4.63. The van der Waals surface area contributed by atoms with E-state index in [1.54, 1.807) is 25.3 Å². The zero-order valence-corrected chi connectivity index (χ0v) is 20.1. The summed E-state index contributed by atoms with van der Waals surface area (Å²) in [5.41, 5.74) is 2.76. The van der Waals surface area contributed by atoms with Crippen molar-refractivity contribution in [1.29, 1.82) is 0 Å². The van der Waals surface area contributed by atoms with Crippen LogP contribution in [0.25, 0.3) is 0 Å². The maximum atomic E-state index is 12.9. The highest BCUT2D eigenvalue weighted by Gasteiger charge is 2.24. The largest absolute Gasteiger partial charge is 0.493 e. The van der Waals surface area contributed by atoms with Gasteiger partial charge in [0.1, 0.15) is 6.61 Å². The Kier molecular flexibility index (Phi) is 8.39. The third kappa shape index (κ3) is 6.85. The van der Waals surface area contributed by atoms with Crippen LogP contribution in [-0.4, -0.2) is 43.0 Å². The lowest BCUT2D eigenvalue weighted by Crippen LogP contribution is -2.46. The first-order chi connectivity index (χ1) is 17.1. The normalized spacial score (nSPS) is 13.8. The predicted molar refractivity (Wildman–Crippen MR) is 136 cm³/mol. The number of likely N-dealkylation sites (tertiary alicyclic amines) is 1. The second-order valence-electron chi connectivity index (χ2n) is 8.75. The van der Waals surface area contributed by atoms with Gasteiger partial charge in [0, 0.05) is 31.1 Å². The van der Waals surface area contributed by atoms with E-state index in [2.05, 4.69) is 5.32 Å². The molecule has 1 N–H and O–H groups in total. The molecule has 0 spiro atoms. The van der Waals surface area contributed by atoms with Gasteiger partial charge in [-0.3, -0.25) is 9.59 Å². The van der Waals surface area contributed by atoms with Crippen LogP contribution in [0.2, 0.25) is 0 Å². The Hall–Kier alpha value is -3.80. The minimum atomic E-state index is -0.147. The van der Waals surface area contributed by atoms with Gasteiger partial charge in [0.2, 0.25) is 5.91 Å². The van der Waals surface area contributed by atoms with Gasteiger partial charge in [-0.2, -0.15) is 0 Å². The molecule has 35 heavy (non-hydrogen) atoms. The van der Waals surface area contributed by atoms with E-state index in [4.69, 9.17) is 9.47 Å². The van der Waals surface area contributed by atoms with Gasteiger partial charge >= 0.3 is 0 Å². The Morgan fingerprint density at radius 2 is 1.54 bits per heavy atom. The number of amides is 2. The van der Waals surface area contributed by atoms with Crippen LogP contribution in [0.4, 0.5) is 0 Å². The number of methoxy groups -OCH3 is 1. The fraction of sp³-hybridized carbons (Fsp3) is 0.310. The smallest absolute Gasteiger partial charge is 0.251 e. The second-order valence-corrected chi connectivity index (χ2v) is 8.75. The van der Waals surface area contributed by atoms with Gasteiger partial charge in [0.15, 0.2) is 11.5 Å². The van der Waals surface area contributed by atoms with Crippen molar-refractivity contribution < 1.29 is 19.1 Å². The highest BCUT2D eigenvalue weighted by molar-refractivity contribution is 5.95. The fourth-order valence-corrected chi connectivity index (χ4v) is 4.26. The van der Waals surface area contributed by atoms with Crippen LogP contribution < -0.4 is 14.8 Å². The molecule has 0 unspecified atom stereocenters. The van der Waals surface area contributed by atoms with Crippen LogP contribution in [0.1, 0.15) is 40.7 Å². The molecule has 0 bridgehead atoms. The molecule has 3 aromatic rings. The van der Waals surface area contributed by atoms with Crippen LogP contribution in [-0.2, 0) is 17.8 Å². The van der Waals surface area contributed by atoms with Gasteiger partial charge in [-0.05, 0) is 48.6 Å². The van der Waals surface area contributed by atoms with E-state index in [0.717, 1.165) is 24.8 Å². The number of hydrogen-bond donors (Lipinski definition) is 1. The van der Waals surface area contributed by atoms with E-state index >= 15 is 0 Å². The Morgan fingerprint density at radius 1 is 0.886 bits per heavy atom. The monoisotopic (exact) mass is 472 g/mol. The van der Waals surface area contributed by atoms with Gasteiger partial charge in [0.25, 0.3) is 5.91 Å². The lowest BCUT2D eigenvalue weighted by atomic mass is 10.0. The molecule has 3 aromatic carbocycles. The molecule has 0 saturated carbocycles. The summed E-state index contributed by atoms with van der Waals surface area (Å²) in [6.07, 6.45) is 2.76. The number of nitrogens with one attached hydrogen (secondary N) is 1. The maximum absolute atomic E-state index is 12.9. The van der Waals surface area contributed by atoms with Crippen LogP contribution in [0.3, 0.4) is 0 Å². The first kappa shape index (κ1) is 24.3. The van der Waals surface area contributed by atoms with Gasteiger partial charge in [-0.1, -0.05) is 60.7 Å². The van der Waals surface area contributed by atoms with E-state index in [-0.39, 0.29) is 17.9 Å². The summed E-state index contributed by atoms with van der Waals surface area (Å²) in [6, 6.07) is 25.2. The molecule has 6 nitrogen and oxygen atoms in total. The number of hydrogen-bond acceptors (Lipinski definition) is 4. The molecule has 1 aliphatic rings. The number of aryl methyl sites for hydroxylation is 1. The van der Waals surface area contributed by atoms with Gasteiger partial charge in [-0.25, -0.2) is 0 Å². The van der Waals surface area contributed by atoms with Crippen molar-refractivity contribution in [3.63, 3.8) is 0 Å². The summed E-state index contributed by atoms with van der Waals surface area (Å²) in [5, 5.41) is 3.11. The first-order valence-electron chi connectivity index (χ1n) is 12.1. The third-order valence-corrected chi connectivity index (χ3v) is 6.32. The summed E-state index contributed by atoms with van der Waals surface area (Å²) >= 11 is 0. The molecule has 0 radical (unpaired) electrons. The third-order valence-electron chi connectivity index (χ3n) is 6.32. The molecule has 1 fully saturated rings. The van der Waals surface area contributed by atoms with Gasteiger partial charge in [-0.15, -0.1) is 0 Å². The Labute approximate surface area is 206 Å². The summed E-state index contributed by atoms with van der Waals surface area (Å²) in [7, 11) is 1.57. The SMILES string of the molecule is COc1cc(C(=O)NC2CCN(C(=O)CCc3ccccc3)CC2)ccc1OCc1ccccc1. The molecule has 0 aliphatic carbocycles. The highest BCUT2D eigenvalue weighted by atomic mass is 16.5. The van der Waals surface area contributed by atoms with Crippen LogP contribution in [0, 0.1) is 0 Å². The zero-order chi connectivity index (χ0) is 24.5. The van der Waals surface area contributed by atoms with E-state index < -0.39 is 0 Å². The molecule has 1 aliphatic heterocycles. The van der Waals surface area contributed by atoms with Crippen molar-refractivity contribution in [3.05, 3.63) is 95.6 Å². The standard InChI is InChI=1S/C29H32N2O4/c1-34-27-20-24(13-14-26(27)35-21-23-10-6-3-7-11-23)29(33)30-25-16-18-31(19-17-25)28(32)15-12-22-8-4-2-5-9-22/h2-11,13-14,20,25H,12,15-19,21H2,1H3,(H,30,33). The quantitative estimate of drug-likeness (QED) is 0.493. The summed E-state index contributed by atoms with van der Waals surface area (Å²) in [4.78, 5) is 27.3. The Morgan fingerprint density at radius 3 is 2.20 bits per heavy atom. The topological polar surface area (TPSA) is 67.9 Å². The molecule has 1 saturated heterocycles. The van der Waals surface area contributed by atoms with Crippen LogP contribution in [0.5, 0.6) is 11.5 Å². The summed E-state index contributed by atoms with van der Waals surface area (Å²) in [5.74, 6) is 1.14. The minimum absolute atomic E-state index is 0.0423. The number of benzene rings is 3. The first-order valence-corrected chi connectivity index (χ1v) is 12.1. The number of ether oxygens (including phenoxy) is 2. The van der Waals surface area contributed by atoms with Gasteiger partial charge < -0.3 is 19.7 Å². The molecule has 2 amide bonds. The average molecular weight is 473 g/mol. The number of carbonyl (C=O) groups excluding carboxylic acids is 2. The molecule has 6 heteroatoms. The fourth-order valence-electron chi connectivity index (χ4n) is 4.26. The van der Waals surface area contributed by atoms with E-state index in [1.807, 2.05) is 65.6 Å². The number of carbonyl (C=O) groups is 2. The zero-order valence-electron chi connectivity index (χ0n) is 20.1. The van der Waals surface area contributed by atoms with Crippen molar-refractivity contribution in [2.45, 2.75) is 38.3 Å². The summed E-state index contributed by atoms with van der Waals surface area (Å²) < 4.78 is 11.3. The maximum Gasteiger partial charge on any atom is 0.251 e. The number of rotatable bonds is 9. The number of nitrogens with zero attached hydrogens (tertiary/aromatic N) is 1. The lowest BCUT2D eigenvalue weighted by Gasteiger charge is -2.32. The molecule has 0 aromatic heterocycles. The van der Waals surface area contributed by atoms with E-state index in [0.29, 0.717) is 43.2 Å². The van der Waals surface area contributed by atoms with Crippen molar-refractivity contribution >= 4 is 11.8 Å². The lowest BCUT2D eigenvalue weighted by molar-refractivity contribution is -0.132. The van der Waals surface area contributed by atoms with Gasteiger partial charge in [0.05, 0.1) is 7.11 Å². The van der Waals surface area contributed by atoms with Crippen molar-refractivity contribution in [2.75, 3.05) is 20.2 Å². The average Bonchev–Trinajstić information content (AvgIpc) is 2.92.